The van der Waals surface area contributed by atoms with Gasteiger partial charge in [-0.1, -0.05) is 26.0 Å². The Balaban J connectivity index is 2.15. The molecular formula is C11H19NO2. The van der Waals surface area contributed by atoms with Gasteiger partial charge < -0.3 is 15.2 Å². The Morgan fingerprint density at radius 3 is 2.64 bits per heavy atom. The van der Waals surface area contributed by atoms with Crippen LogP contribution in [0.15, 0.2) is 12.2 Å². The first-order chi connectivity index (χ1) is 6.71. The highest BCUT2D eigenvalue weighted by Crippen LogP contribution is 2.37. The van der Waals surface area contributed by atoms with Crippen molar-refractivity contribution < 1.29 is 9.47 Å². The fourth-order valence-electron chi connectivity index (χ4n) is 2.23. The summed E-state index contributed by atoms with van der Waals surface area (Å²) in [6.45, 7) is 4.19. The fraction of sp³-hybridized carbons (Fsp3) is 0.818. The highest BCUT2D eigenvalue weighted by molar-refractivity contribution is 5.08. The standard InChI is InChI=1S/C11H19NO2/c1-3-11(4-2)13-9-7-5-6-8(12)10(9)14-11/h5,7-10H,3-4,6,12H2,1-2H3/t8-,9-,10+/m1/s1. The molecule has 1 heterocycles. The molecule has 0 bridgehead atoms. The summed E-state index contributed by atoms with van der Waals surface area (Å²) in [6, 6.07) is 0.0879. The average Bonchev–Trinajstić information content (AvgIpc) is 2.59. The van der Waals surface area contributed by atoms with Crippen LogP contribution in [0.2, 0.25) is 0 Å². The molecule has 80 valence electrons. The van der Waals surface area contributed by atoms with Gasteiger partial charge in [0.1, 0.15) is 12.2 Å². The highest BCUT2D eigenvalue weighted by Gasteiger charge is 2.47. The van der Waals surface area contributed by atoms with Crippen molar-refractivity contribution in [2.24, 2.45) is 5.73 Å². The third-order valence-electron chi connectivity index (χ3n) is 3.26. The van der Waals surface area contributed by atoms with E-state index in [9.17, 15) is 0 Å². The fourth-order valence-corrected chi connectivity index (χ4v) is 2.23. The molecule has 1 saturated heterocycles. The van der Waals surface area contributed by atoms with E-state index in [1.54, 1.807) is 0 Å². The number of ether oxygens (including phenoxy) is 2. The SMILES string of the molecule is CCC1(CC)O[C@H]2[C@H](N)CC=C[C@H]2O1. The van der Waals surface area contributed by atoms with Crippen LogP contribution in [0.4, 0.5) is 0 Å². The second kappa shape index (κ2) is 3.65. The first-order valence-corrected chi connectivity index (χ1v) is 5.48. The molecule has 0 unspecified atom stereocenters. The number of nitrogens with two attached hydrogens (primary N) is 1. The van der Waals surface area contributed by atoms with Crippen molar-refractivity contribution in [1.82, 2.24) is 0 Å². The summed E-state index contributed by atoms with van der Waals surface area (Å²) >= 11 is 0. The maximum absolute atomic E-state index is 5.99. The third kappa shape index (κ3) is 1.49. The van der Waals surface area contributed by atoms with Crippen molar-refractivity contribution >= 4 is 0 Å². The zero-order valence-electron chi connectivity index (χ0n) is 8.90. The van der Waals surface area contributed by atoms with Crippen molar-refractivity contribution in [2.45, 2.75) is 57.1 Å². The predicted molar refractivity (Wildman–Crippen MR) is 54.8 cm³/mol. The van der Waals surface area contributed by atoms with Crippen LogP contribution in [0.25, 0.3) is 0 Å². The largest absolute Gasteiger partial charge is 0.342 e. The molecule has 1 aliphatic carbocycles. The summed E-state index contributed by atoms with van der Waals surface area (Å²) in [7, 11) is 0. The van der Waals surface area contributed by atoms with Gasteiger partial charge in [-0.3, -0.25) is 0 Å². The van der Waals surface area contributed by atoms with Crippen molar-refractivity contribution in [1.29, 1.82) is 0 Å². The summed E-state index contributed by atoms with van der Waals surface area (Å²) in [5, 5.41) is 0. The third-order valence-corrected chi connectivity index (χ3v) is 3.26. The summed E-state index contributed by atoms with van der Waals surface area (Å²) in [5.74, 6) is -0.387. The lowest BCUT2D eigenvalue weighted by Crippen LogP contribution is -2.42. The molecule has 3 heteroatoms. The van der Waals surface area contributed by atoms with Crippen LogP contribution in [0, 0.1) is 0 Å². The molecule has 1 aliphatic heterocycles. The lowest BCUT2D eigenvalue weighted by atomic mass is 9.97. The van der Waals surface area contributed by atoms with E-state index < -0.39 is 0 Å². The second-order valence-electron chi connectivity index (χ2n) is 4.11. The molecule has 2 rings (SSSR count). The lowest BCUT2D eigenvalue weighted by Gasteiger charge is -2.26. The highest BCUT2D eigenvalue weighted by atomic mass is 16.8. The summed E-state index contributed by atoms with van der Waals surface area (Å²) in [4.78, 5) is 0. The number of fused-ring (bicyclic) bond motifs is 1. The normalized spacial score (nSPS) is 39.8. The Labute approximate surface area is 85.3 Å². The molecule has 14 heavy (non-hydrogen) atoms. The van der Waals surface area contributed by atoms with Gasteiger partial charge in [0, 0.05) is 6.04 Å². The van der Waals surface area contributed by atoms with Crippen molar-refractivity contribution in [3.63, 3.8) is 0 Å². The van der Waals surface area contributed by atoms with Gasteiger partial charge >= 0.3 is 0 Å². The zero-order valence-corrected chi connectivity index (χ0v) is 8.90. The molecule has 0 radical (unpaired) electrons. The minimum atomic E-state index is -0.387. The Hall–Kier alpha value is -0.380. The minimum Gasteiger partial charge on any atom is -0.342 e. The topological polar surface area (TPSA) is 44.5 Å². The minimum absolute atomic E-state index is 0.0555. The summed E-state index contributed by atoms with van der Waals surface area (Å²) in [6.07, 6.45) is 6.97. The van der Waals surface area contributed by atoms with Gasteiger partial charge in [-0.2, -0.15) is 0 Å². The van der Waals surface area contributed by atoms with Gasteiger partial charge in [-0.25, -0.2) is 0 Å². The van der Waals surface area contributed by atoms with E-state index in [4.69, 9.17) is 15.2 Å². The van der Waals surface area contributed by atoms with Gasteiger partial charge in [0.15, 0.2) is 5.79 Å². The molecule has 3 nitrogen and oxygen atoms in total. The molecule has 0 spiro atoms. The van der Waals surface area contributed by atoms with E-state index in [-0.39, 0.29) is 24.0 Å². The monoisotopic (exact) mass is 197 g/mol. The van der Waals surface area contributed by atoms with Crippen LogP contribution in [-0.2, 0) is 9.47 Å². The summed E-state index contributed by atoms with van der Waals surface area (Å²) < 4.78 is 11.9. The van der Waals surface area contributed by atoms with Gasteiger partial charge in [0.2, 0.25) is 0 Å². The summed E-state index contributed by atoms with van der Waals surface area (Å²) in [5.41, 5.74) is 5.99. The van der Waals surface area contributed by atoms with Crippen LogP contribution in [-0.4, -0.2) is 24.0 Å². The quantitative estimate of drug-likeness (QED) is 0.683. The molecule has 0 aromatic carbocycles. The van der Waals surface area contributed by atoms with Gasteiger partial charge in [-0.05, 0) is 19.3 Å². The number of hydrogen-bond donors (Lipinski definition) is 1. The first-order valence-electron chi connectivity index (χ1n) is 5.48. The second-order valence-corrected chi connectivity index (χ2v) is 4.11. The van der Waals surface area contributed by atoms with E-state index in [1.807, 2.05) is 0 Å². The first kappa shape index (κ1) is 10.1. The van der Waals surface area contributed by atoms with Gasteiger partial charge in [0.05, 0.1) is 0 Å². The van der Waals surface area contributed by atoms with E-state index in [0.29, 0.717) is 0 Å². The smallest absolute Gasteiger partial charge is 0.169 e. The molecule has 0 saturated carbocycles. The zero-order chi connectivity index (χ0) is 10.2. The van der Waals surface area contributed by atoms with E-state index in [2.05, 4.69) is 26.0 Å². The molecule has 1 fully saturated rings. The van der Waals surface area contributed by atoms with E-state index in [0.717, 1.165) is 19.3 Å². The van der Waals surface area contributed by atoms with Crippen LogP contribution in [0.3, 0.4) is 0 Å². The van der Waals surface area contributed by atoms with Crippen LogP contribution in [0.1, 0.15) is 33.1 Å². The van der Waals surface area contributed by atoms with Crippen molar-refractivity contribution in [2.75, 3.05) is 0 Å². The van der Waals surface area contributed by atoms with Crippen molar-refractivity contribution in [3.8, 4) is 0 Å². The molecule has 2 aliphatic rings. The number of rotatable bonds is 2. The molecule has 0 aromatic heterocycles. The molecule has 3 atom stereocenters. The average molecular weight is 197 g/mol. The molecule has 2 N–H and O–H groups in total. The maximum Gasteiger partial charge on any atom is 0.169 e. The Morgan fingerprint density at radius 2 is 2.07 bits per heavy atom. The predicted octanol–water partition coefficient (Wildman–Crippen LogP) is 1.57. The molecule has 0 amide bonds. The Bertz CT molecular complexity index is 235. The van der Waals surface area contributed by atoms with E-state index in [1.165, 1.54) is 0 Å². The van der Waals surface area contributed by atoms with E-state index >= 15 is 0 Å². The lowest BCUT2D eigenvalue weighted by molar-refractivity contribution is -0.177. The van der Waals surface area contributed by atoms with Gasteiger partial charge in [0.25, 0.3) is 0 Å². The Kier molecular flexibility index (Phi) is 2.64. The van der Waals surface area contributed by atoms with Gasteiger partial charge in [-0.15, -0.1) is 0 Å². The molecule has 0 aromatic rings. The van der Waals surface area contributed by atoms with Crippen molar-refractivity contribution in [3.05, 3.63) is 12.2 Å². The number of hydrogen-bond acceptors (Lipinski definition) is 3. The van der Waals surface area contributed by atoms with Crippen LogP contribution < -0.4 is 5.73 Å². The van der Waals surface area contributed by atoms with Crippen LogP contribution in [0.5, 0.6) is 0 Å². The maximum atomic E-state index is 5.99. The Morgan fingerprint density at radius 1 is 1.36 bits per heavy atom. The van der Waals surface area contributed by atoms with Crippen LogP contribution >= 0.6 is 0 Å². The molecular weight excluding hydrogens is 178 g/mol.